The molecular formula is C29H37Cl2F2N3O5. The third-order valence-electron chi connectivity index (χ3n) is 5.92. The Kier molecular flexibility index (Phi) is 15.6. The highest BCUT2D eigenvalue weighted by Crippen LogP contribution is 2.27. The van der Waals surface area contributed by atoms with E-state index in [4.69, 9.17) is 38.8 Å². The predicted octanol–water partition coefficient (Wildman–Crippen LogP) is 3.96. The van der Waals surface area contributed by atoms with Gasteiger partial charge in [0.05, 0.1) is 48.0 Å². The van der Waals surface area contributed by atoms with E-state index in [1.54, 1.807) is 13.8 Å². The number of amides is 1. The van der Waals surface area contributed by atoms with E-state index in [2.05, 4.69) is 22.9 Å². The summed E-state index contributed by atoms with van der Waals surface area (Å²) in [5.41, 5.74) is 7.84. The lowest BCUT2D eigenvalue weighted by atomic mass is 9.84. The molecule has 226 valence electrons. The molecule has 0 saturated carbocycles. The Hall–Kier alpha value is -2.98. The van der Waals surface area contributed by atoms with Gasteiger partial charge in [0.25, 0.3) is 0 Å². The van der Waals surface area contributed by atoms with E-state index in [0.29, 0.717) is 0 Å². The summed E-state index contributed by atoms with van der Waals surface area (Å²) >= 11 is 11.8. The standard InChI is InChI=1S/C29H37Cl2F2N3O5/c1-5-7-19(30)15-20(32)10-11-23(34)25(16-29(2,3)28(40)41-4)36-24(27(39)35-13-12-21(38)17-37)14-18-8-6-9-22(31)26(18)33/h5-10,15,21,24-25,36-38H,1,12-14,16-17,34H2,2-4H3,(H,35,39)/b19-7+,20-15+/t11?,21-,24+,25-/m0/s1. The minimum Gasteiger partial charge on any atom is -0.469 e. The van der Waals surface area contributed by atoms with Crippen LogP contribution in [0.15, 0.2) is 71.4 Å². The third-order valence-corrected chi connectivity index (χ3v) is 6.45. The quantitative estimate of drug-likeness (QED) is 0.108. The Bertz CT molecular complexity index is 1200. The van der Waals surface area contributed by atoms with Gasteiger partial charge in [-0.1, -0.05) is 53.7 Å². The second-order valence-corrected chi connectivity index (χ2v) is 10.6. The van der Waals surface area contributed by atoms with Crippen molar-refractivity contribution in [3.05, 3.63) is 87.8 Å². The summed E-state index contributed by atoms with van der Waals surface area (Å²) < 4.78 is 34.1. The summed E-state index contributed by atoms with van der Waals surface area (Å²) in [6, 6.07) is 2.28. The molecule has 1 amide bonds. The van der Waals surface area contributed by atoms with Crippen molar-refractivity contribution in [3.8, 4) is 0 Å². The van der Waals surface area contributed by atoms with Crippen LogP contribution in [0.4, 0.5) is 8.78 Å². The Labute approximate surface area is 249 Å². The van der Waals surface area contributed by atoms with Gasteiger partial charge in [-0.05, 0) is 56.9 Å². The van der Waals surface area contributed by atoms with Gasteiger partial charge in [-0.25, -0.2) is 8.78 Å². The molecule has 0 heterocycles. The number of hydrogen-bond donors (Lipinski definition) is 5. The minimum atomic E-state index is -1.13. The van der Waals surface area contributed by atoms with Crippen LogP contribution in [0.3, 0.4) is 0 Å². The van der Waals surface area contributed by atoms with Crippen molar-refractivity contribution in [1.82, 2.24) is 10.6 Å². The molecule has 0 radical (unpaired) electrons. The molecule has 8 nitrogen and oxygen atoms in total. The SMILES string of the molecule is C=C/C=C(Cl)\C=C(\F)C=C=C(N)[C@H](CC(C)(C)C(=O)OC)N[C@H](Cc1cccc(Cl)c1F)C(=O)NCC[C@H](O)CO. The summed E-state index contributed by atoms with van der Waals surface area (Å²) in [4.78, 5) is 25.7. The first-order chi connectivity index (χ1) is 19.2. The maximum atomic E-state index is 14.8. The molecule has 3 atom stereocenters. The van der Waals surface area contributed by atoms with E-state index in [1.165, 1.54) is 37.5 Å². The Morgan fingerprint density at radius 1 is 1.32 bits per heavy atom. The van der Waals surface area contributed by atoms with Gasteiger partial charge in [-0.15, -0.1) is 0 Å². The molecule has 0 fully saturated rings. The molecule has 0 aliphatic rings. The highest BCUT2D eigenvalue weighted by atomic mass is 35.5. The van der Waals surface area contributed by atoms with Crippen LogP contribution in [0.1, 0.15) is 32.3 Å². The minimum absolute atomic E-state index is 0.00923. The van der Waals surface area contributed by atoms with E-state index in [-0.39, 0.29) is 47.1 Å². The van der Waals surface area contributed by atoms with Gasteiger partial charge < -0.3 is 26.0 Å². The molecule has 0 spiro atoms. The van der Waals surface area contributed by atoms with Crippen LogP contribution >= 0.6 is 23.2 Å². The normalized spacial score (nSPS) is 14.4. The van der Waals surface area contributed by atoms with Crippen LogP contribution in [0.25, 0.3) is 0 Å². The highest BCUT2D eigenvalue weighted by Gasteiger charge is 2.35. The van der Waals surface area contributed by atoms with Crippen LogP contribution < -0.4 is 16.4 Å². The number of allylic oxidation sites excluding steroid dienone is 5. The van der Waals surface area contributed by atoms with Crippen molar-refractivity contribution in [2.45, 2.75) is 51.3 Å². The first-order valence-electron chi connectivity index (χ1n) is 12.7. The van der Waals surface area contributed by atoms with E-state index in [1.807, 2.05) is 0 Å². The van der Waals surface area contributed by atoms with Crippen LogP contribution in [0.5, 0.6) is 0 Å². The van der Waals surface area contributed by atoms with Gasteiger partial charge in [0.2, 0.25) is 5.91 Å². The topological polar surface area (TPSA) is 134 Å². The van der Waals surface area contributed by atoms with Crippen molar-refractivity contribution < 1.29 is 33.3 Å². The van der Waals surface area contributed by atoms with Crippen molar-refractivity contribution in [2.75, 3.05) is 20.3 Å². The highest BCUT2D eigenvalue weighted by molar-refractivity contribution is 6.31. The molecule has 1 aromatic rings. The lowest BCUT2D eigenvalue weighted by Gasteiger charge is -2.31. The molecule has 0 saturated heterocycles. The molecule has 0 aliphatic carbocycles. The first-order valence-corrected chi connectivity index (χ1v) is 13.4. The number of carbonyl (C=O) groups excluding carboxylic acids is 2. The number of hydrogen-bond acceptors (Lipinski definition) is 7. The van der Waals surface area contributed by atoms with Crippen molar-refractivity contribution in [1.29, 1.82) is 0 Å². The number of rotatable bonds is 16. The molecule has 1 rings (SSSR count). The molecule has 6 N–H and O–H groups in total. The molecule has 0 unspecified atom stereocenters. The maximum Gasteiger partial charge on any atom is 0.311 e. The van der Waals surface area contributed by atoms with Crippen LogP contribution in [-0.4, -0.2) is 60.5 Å². The van der Waals surface area contributed by atoms with E-state index >= 15 is 0 Å². The van der Waals surface area contributed by atoms with Gasteiger partial charge in [0, 0.05) is 17.7 Å². The van der Waals surface area contributed by atoms with Gasteiger partial charge in [-0.3, -0.25) is 14.9 Å². The fourth-order valence-corrected chi connectivity index (χ4v) is 4.08. The van der Waals surface area contributed by atoms with E-state index < -0.39 is 53.7 Å². The molecule has 0 bridgehead atoms. The second kappa shape index (κ2) is 17.7. The summed E-state index contributed by atoms with van der Waals surface area (Å²) in [5, 5.41) is 24.3. The van der Waals surface area contributed by atoms with Gasteiger partial charge in [-0.2, -0.15) is 0 Å². The number of nitrogens with one attached hydrogen (secondary N) is 2. The van der Waals surface area contributed by atoms with Crippen molar-refractivity contribution in [3.63, 3.8) is 0 Å². The fraction of sp³-hybridized carbons (Fsp3) is 0.414. The number of esters is 1. The molecule has 0 aliphatic heterocycles. The zero-order chi connectivity index (χ0) is 31.2. The Morgan fingerprint density at radius 2 is 2.00 bits per heavy atom. The number of ether oxygens (including phenoxy) is 1. The average molecular weight is 617 g/mol. The first kappa shape index (κ1) is 36.0. The Balaban J connectivity index is 3.50. The third kappa shape index (κ3) is 12.6. The monoisotopic (exact) mass is 615 g/mol. The molecular weight excluding hydrogens is 579 g/mol. The number of methoxy groups -OCH3 is 1. The second-order valence-electron chi connectivity index (χ2n) is 9.75. The van der Waals surface area contributed by atoms with Crippen LogP contribution in [0, 0.1) is 11.2 Å². The lowest BCUT2D eigenvalue weighted by Crippen LogP contribution is -2.52. The molecule has 1 aromatic carbocycles. The molecule has 0 aromatic heterocycles. The molecule has 41 heavy (non-hydrogen) atoms. The number of aliphatic hydroxyl groups excluding tert-OH is 2. The summed E-state index contributed by atoms with van der Waals surface area (Å²) in [6.45, 7) is 6.21. The number of benzene rings is 1. The van der Waals surface area contributed by atoms with Crippen molar-refractivity contribution in [2.24, 2.45) is 11.1 Å². The fourth-order valence-electron chi connectivity index (χ4n) is 3.69. The van der Waals surface area contributed by atoms with Gasteiger partial charge in [0.1, 0.15) is 11.6 Å². The number of halogens is 4. The maximum absolute atomic E-state index is 14.8. The summed E-state index contributed by atoms with van der Waals surface area (Å²) in [7, 11) is 1.23. The van der Waals surface area contributed by atoms with Crippen molar-refractivity contribution >= 4 is 35.1 Å². The van der Waals surface area contributed by atoms with Crippen LogP contribution in [0.2, 0.25) is 5.02 Å². The van der Waals surface area contributed by atoms with E-state index in [0.717, 1.165) is 12.2 Å². The summed E-state index contributed by atoms with van der Waals surface area (Å²) in [6.07, 6.45) is 3.56. The predicted molar refractivity (Wildman–Crippen MR) is 156 cm³/mol. The van der Waals surface area contributed by atoms with E-state index in [9.17, 15) is 23.5 Å². The van der Waals surface area contributed by atoms with Gasteiger partial charge in [0.15, 0.2) is 0 Å². The zero-order valence-corrected chi connectivity index (χ0v) is 24.7. The summed E-state index contributed by atoms with van der Waals surface area (Å²) in [5.74, 6) is -2.64. The van der Waals surface area contributed by atoms with Gasteiger partial charge >= 0.3 is 5.97 Å². The number of carbonyl (C=O) groups is 2. The number of aliphatic hydroxyl groups is 2. The Morgan fingerprint density at radius 3 is 2.61 bits per heavy atom. The molecule has 12 heteroatoms. The average Bonchev–Trinajstić information content (AvgIpc) is 2.92. The lowest BCUT2D eigenvalue weighted by molar-refractivity contribution is -0.151. The smallest absolute Gasteiger partial charge is 0.311 e. The zero-order valence-electron chi connectivity index (χ0n) is 23.2. The number of nitrogens with two attached hydrogens (primary N) is 1. The van der Waals surface area contributed by atoms with Crippen LogP contribution in [-0.2, 0) is 20.7 Å². The largest absolute Gasteiger partial charge is 0.469 e.